The zero-order valence-electron chi connectivity index (χ0n) is 23.2. The van der Waals surface area contributed by atoms with E-state index >= 15 is 0 Å². The molecule has 0 unspecified atom stereocenters. The molecule has 2 atom stereocenters. The summed E-state index contributed by atoms with van der Waals surface area (Å²) in [6.07, 6.45) is 9.22. The van der Waals surface area contributed by atoms with Gasteiger partial charge in [0.1, 0.15) is 6.61 Å². The molecule has 0 spiro atoms. The smallest absolute Gasteiger partial charge is 0.410 e. The maximum atomic E-state index is 13.5. The number of hydrogen-bond acceptors (Lipinski definition) is 4. The van der Waals surface area contributed by atoms with E-state index in [1.165, 1.54) is 59.9 Å². The molecular formula is C33H39N3O4. The number of likely N-dealkylation sites (tertiary alicyclic amines) is 2. The predicted octanol–water partition coefficient (Wildman–Crippen LogP) is 6.66. The Bertz CT molecular complexity index is 1430. The second-order valence-corrected chi connectivity index (χ2v) is 12.2. The highest BCUT2D eigenvalue weighted by atomic mass is 16.6. The Labute approximate surface area is 235 Å². The summed E-state index contributed by atoms with van der Waals surface area (Å²) in [6, 6.07) is 14.2. The van der Waals surface area contributed by atoms with Crippen LogP contribution >= 0.6 is 0 Å². The van der Waals surface area contributed by atoms with E-state index in [9.17, 15) is 14.7 Å². The number of aromatic nitrogens is 1. The number of nitrogens with zero attached hydrogens (tertiary/aromatic N) is 3. The predicted molar refractivity (Wildman–Crippen MR) is 155 cm³/mol. The van der Waals surface area contributed by atoms with Crippen LogP contribution in [0.3, 0.4) is 0 Å². The maximum Gasteiger partial charge on any atom is 0.410 e. The number of carbonyl (C=O) groups is 2. The van der Waals surface area contributed by atoms with Crippen LogP contribution in [0, 0.1) is 5.92 Å². The van der Waals surface area contributed by atoms with Crippen molar-refractivity contribution in [2.24, 2.45) is 5.92 Å². The van der Waals surface area contributed by atoms with Crippen LogP contribution in [-0.4, -0.2) is 64.3 Å². The molecule has 7 nitrogen and oxygen atoms in total. The summed E-state index contributed by atoms with van der Waals surface area (Å²) in [7, 11) is 0. The molecular weight excluding hydrogens is 502 g/mol. The van der Waals surface area contributed by atoms with Crippen molar-refractivity contribution in [1.82, 2.24) is 14.4 Å². The molecule has 1 aliphatic carbocycles. The summed E-state index contributed by atoms with van der Waals surface area (Å²) in [5.41, 5.74) is 6.32. The number of aromatic carboxylic acids is 1. The van der Waals surface area contributed by atoms with Crippen LogP contribution < -0.4 is 0 Å². The Balaban J connectivity index is 1.30. The number of hydrogen-bond donors (Lipinski definition) is 1. The molecule has 3 fully saturated rings. The number of carboxylic acid groups (broad SMARTS) is 1. The fourth-order valence-corrected chi connectivity index (χ4v) is 8.02. The number of carboxylic acids is 1. The van der Waals surface area contributed by atoms with E-state index in [0.29, 0.717) is 24.6 Å². The molecule has 4 aliphatic rings. The maximum absolute atomic E-state index is 13.5. The van der Waals surface area contributed by atoms with Gasteiger partial charge in [0.05, 0.1) is 17.3 Å². The lowest BCUT2D eigenvalue weighted by atomic mass is 9.81. The summed E-state index contributed by atoms with van der Waals surface area (Å²) in [5, 5.41) is 11.0. The number of rotatable bonds is 5. The fraction of sp³-hybridized carbons (Fsp3) is 0.515. The summed E-state index contributed by atoms with van der Waals surface area (Å²) in [5.74, 6) is -0.204. The Morgan fingerprint density at radius 2 is 1.73 bits per heavy atom. The standard InChI is InChI=1S/C33H39N3O4/c37-32(38)23-12-13-27-28(20-23)36-21-24-14-17-35(33(39)40-19-18-34-15-6-7-16-34)30(24)25-10-4-5-11-26(25)31(36)29(27)22-8-2-1-3-9-22/h4-5,10-13,20,22,24,30H,1-3,6-9,14-19,21H2,(H,37,38)/t24-,30-/m0/s1. The van der Waals surface area contributed by atoms with Gasteiger partial charge in [-0.15, -0.1) is 0 Å². The Hall–Kier alpha value is -3.32. The van der Waals surface area contributed by atoms with Crippen molar-refractivity contribution >= 4 is 23.0 Å². The van der Waals surface area contributed by atoms with Crippen molar-refractivity contribution < 1.29 is 19.4 Å². The van der Waals surface area contributed by atoms with Gasteiger partial charge in [-0.2, -0.15) is 0 Å². The molecule has 3 aliphatic heterocycles. The quantitative estimate of drug-likeness (QED) is 0.391. The molecule has 40 heavy (non-hydrogen) atoms. The summed E-state index contributed by atoms with van der Waals surface area (Å²) >= 11 is 0. The molecule has 4 heterocycles. The van der Waals surface area contributed by atoms with Gasteiger partial charge in [-0.25, -0.2) is 9.59 Å². The lowest BCUT2D eigenvalue weighted by molar-refractivity contribution is 0.0696. The molecule has 0 bridgehead atoms. The van der Waals surface area contributed by atoms with Gasteiger partial charge in [0.15, 0.2) is 0 Å². The average Bonchev–Trinajstić information content (AvgIpc) is 3.70. The van der Waals surface area contributed by atoms with Crippen molar-refractivity contribution in [1.29, 1.82) is 0 Å². The van der Waals surface area contributed by atoms with Crippen LogP contribution in [0.2, 0.25) is 0 Å². The van der Waals surface area contributed by atoms with Crippen LogP contribution in [0.4, 0.5) is 4.79 Å². The van der Waals surface area contributed by atoms with Crippen molar-refractivity contribution in [2.75, 3.05) is 32.8 Å². The summed E-state index contributed by atoms with van der Waals surface area (Å²) in [4.78, 5) is 29.8. The van der Waals surface area contributed by atoms with E-state index in [4.69, 9.17) is 4.74 Å². The molecule has 210 valence electrons. The number of benzene rings is 2. The summed E-state index contributed by atoms with van der Waals surface area (Å²) < 4.78 is 8.26. The van der Waals surface area contributed by atoms with Crippen molar-refractivity contribution in [3.05, 3.63) is 59.2 Å². The van der Waals surface area contributed by atoms with Crippen molar-refractivity contribution in [3.63, 3.8) is 0 Å². The molecule has 2 saturated heterocycles. The third kappa shape index (κ3) is 4.39. The van der Waals surface area contributed by atoms with Gasteiger partial charge in [0, 0.05) is 42.0 Å². The molecule has 7 rings (SSSR count). The van der Waals surface area contributed by atoms with E-state index < -0.39 is 5.97 Å². The summed E-state index contributed by atoms with van der Waals surface area (Å²) in [6.45, 7) is 4.87. The van der Waals surface area contributed by atoms with Gasteiger partial charge in [-0.3, -0.25) is 4.90 Å². The zero-order chi connectivity index (χ0) is 27.2. The van der Waals surface area contributed by atoms with E-state index in [2.05, 4.69) is 33.7 Å². The van der Waals surface area contributed by atoms with E-state index in [1.54, 1.807) is 6.07 Å². The zero-order valence-corrected chi connectivity index (χ0v) is 23.2. The third-order valence-corrected chi connectivity index (χ3v) is 9.91. The first-order chi connectivity index (χ1) is 19.6. The van der Waals surface area contributed by atoms with Crippen molar-refractivity contribution in [3.8, 4) is 11.3 Å². The molecule has 2 aromatic carbocycles. The Kier molecular flexibility index (Phi) is 6.78. The molecule has 7 heteroatoms. The topological polar surface area (TPSA) is 75.0 Å². The van der Waals surface area contributed by atoms with Crippen LogP contribution in [0.5, 0.6) is 0 Å². The average molecular weight is 542 g/mol. The number of ether oxygens (including phenoxy) is 1. The van der Waals surface area contributed by atoms with Crippen molar-refractivity contribution in [2.45, 2.75) is 69.9 Å². The molecule has 0 radical (unpaired) electrons. The minimum Gasteiger partial charge on any atom is -0.478 e. The molecule has 1 saturated carbocycles. The molecule has 1 amide bonds. The highest BCUT2D eigenvalue weighted by Crippen LogP contribution is 2.51. The first-order valence-corrected chi connectivity index (χ1v) is 15.2. The first-order valence-electron chi connectivity index (χ1n) is 15.2. The van der Waals surface area contributed by atoms with E-state index in [-0.39, 0.29) is 18.1 Å². The first kappa shape index (κ1) is 25.6. The molecule has 3 aromatic rings. The lowest BCUT2D eigenvalue weighted by Gasteiger charge is -2.28. The van der Waals surface area contributed by atoms with E-state index in [1.807, 2.05) is 17.0 Å². The van der Waals surface area contributed by atoms with Crippen LogP contribution in [-0.2, 0) is 11.3 Å². The molecule has 1 aromatic heterocycles. The highest BCUT2D eigenvalue weighted by Gasteiger charge is 2.43. The van der Waals surface area contributed by atoms with Gasteiger partial charge in [-0.05, 0) is 74.4 Å². The minimum atomic E-state index is -0.896. The largest absolute Gasteiger partial charge is 0.478 e. The number of fused-ring (bicyclic) bond motifs is 7. The van der Waals surface area contributed by atoms with Gasteiger partial charge >= 0.3 is 12.1 Å². The fourth-order valence-electron chi connectivity index (χ4n) is 8.02. The van der Waals surface area contributed by atoms with Gasteiger partial charge in [-0.1, -0.05) is 49.6 Å². The number of carbonyl (C=O) groups excluding carboxylic acids is 1. The number of amides is 1. The van der Waals surface area contributed by atoms with Gasteiger partial charge in [0.2, 0.25) is 0 Å². The minimum absolute atomic E-state index is 0.0488. The molecule has 1 N–H and O–H groups in total. The van der Waals surface area contributed by atoms with Gasteiger partial charge < -0.3 is 19.3 Å². The Morgan fingerprint density at radius 1 is 0.925 bits per heavy atom. The lowest BCUT2D eigenvalue weighted by Crippen LogP contribution is -2.35. The third-order valence-electron chi connectivity index (χ3n) is 9.91. The highest BCUT2D eigenvalue weighted by molar-refractivity contribution is 5.98. The van der Waals surface area contributed by atoms with Crippen LogP contribution in [0.25, 0.3) is 22.2 Å². The monoisotopic (exact) mass is 541 g/mol. The van der Waals surface area contributed by atoms with Gasteiger partial charge in [0.25, 0.3) is 0 Å². The Morgan fingerprint density at radius 3 is 2.52 bits per heavy atom. The SMILES string of the molecule is O=C(O)c1ccc2c(C3CCCCC3)c3n(c2c1)C[C@@H]1CCN(C(=O)OCCN2CCCC2)[C@@H]1c1ccccc1-3. The second-order valence-electron chi connectivity index (χ2n) is 12.2. The van der Waals surface area contributed by atoms with Crippen LogP contribution in [0.1, 0.15) is 84.8 Å². The van der Waals surface area contributed by atoms with Crippen LogP contribution in [0.15, 0.2) is 42.5 Å². The van der Waals surface area contributed by atoms with E-state index in [0.717, 1.165) is 51.0 Å². The second kappa shape index (κ2) is 10.6. The normalized spacial score (nSPS) is 23.1.